The first-order chi connectivity index (χ1) is 16.3. The zero-order valence-corrected chi connectivity index (χ0v) is 21.6. The van der Waals surface area contributed by atoms with E-state index in [1.54, 1.807) is 30.5 Å². The van der Waals surface area contributed by atoms with E-state index in [-0.39, 0.29) is 34.8 Å². The molecule has 1 fully saturated rings. The number of nitrogens with zero attached hydrogens (tertiary/aromatic N) is 1. The fourth-order valence-corrected chi connectivity index (χ4v) is 6.92. The van der Waals surface area contributed by atoms with Crippen molar-refractivity contribution in [1.82, 2.24) is 14.7 Å². The molecule has 0 atom stereocenters. The highest BCUT2D eigenvalue weighted by Gasteiger charge is 2.28. The number of H-pyrrole nitrogens is 1. The second kappa shape index (κ2) is 9.55. The normalized spacial score (nSPS) is 17.9. The molecule has 4 N–H and O–H groups in total. The average molecular weight is 522 g/mol. The van der Waals surface area contributed by atoms with Crippen LogP contribution in [-0.4, -0.2) is 56.6 Å². The predicted molar refractivity (Wildman–Crippen MR) is 137 cm³/mol. The molecule has 35 heavy (non-hydrogen) atoms. The quantitative estimate of drug-likeness (QED) is 0.354. The zero-order valence-electron chi connectivity index (χ0n) is 19.9. The summed E-state index contributed by atoms with van der Waals surface area (Å²) >= 11 is 0. The summed E-state index contributed by atoms with van der Waals surface area (Å²) in [5, 5.41) is 0.820. The van der Waals surface area contributed by atoms with Crippen molar-refractivity contribution in [2.45, 2.75) is 56.6 Å². The number of sulfonamides is 1. The van der Waals surface area contributed by atoms with E-state index >= 15 is 0 Å². The van der Waals surface area contributed by atoms with Crippen molar-refractivity contribution in [2.24, 2.45) is 0 Å². The van der Waals surface area contributed by atoms with Gasteiger partial charge in [0.1, 0.15) is 11.2 Å². The Morgan fingerprint density at radius 2 is 1.83 bits per heavy atom. The molecule has 2 aromatic heterocycles. The minimum atomic E-state index is -3.74. The van der Waals surface area contributed by atoms with E-state index in [4.69, 9.17) is 4.74 Å². The van der Waals surface area contributed by atoms with Gasteiger partial charge in [0.25, 0.3) is 0 Å². The van der Waals surface area contributed by atoms with Crippen LogP contribution >= 0.6 is 10.6 Å². The Labute approximate surface area is 206 Å². The Bertz CT molecular complexity index is 1320. The van der Waals surface area contributed by atoms with Crippen LogP contribution in [-0.2, 0) is 26.0 Å². The van der Waals surface area contributed by atoms with Crippen molar-refractivity contribution in [3.8, 4) is 11.1 Å². The fourth-order valence-electron chi connectivity index (χ4n) is 4.09. The van der Waals surface area contributed by atoms with Gasteiger partial charge in [-0.1, -0.05) is 12.1 Å². The van der Waals surface area contributed by atoms with Crippen molar-refractivity contribution in [3.05, 3.63) is 48.3 Å². The number of pyridine rings is 1. The molecule has 0 unspecified atom stereocenters. The van der Waals surface area contributed by atoms with Crippen LogP contribution in [0.4, 0.5) is 0 Å². The summed E-state index contributed by atoms with van der Waals surface area (Å²) in [6.45, 7) is 5.46. The Morgan fingerprint density at radius 1 is 1.17 bits per heavy atom. The lowest BCUT2D eigenvalue weighted by molar-refractivity contribution is -0.153. The minimum absolute atomic E-state index is 0.0895. The summed E-state index contributed by atoms with van der Waals surface area (Å²) in [7, 11) is -6.31. The van der Waals surface area contributed by atoms with Crippen molar-refractivity contribution in [2.75, 3.05) is 11.5 Å². The number of ether oxygens (including phenoxy) is 1. The van der Waals surface area contributed by atoms with Crippen molar-refractivity contribution in [3.63, 3.8) is 0 Å². The summed E-state index contributed by atoms with van der Waals surface area (Å²) in [5.41, 5.74) is 2.41. The largest absolute Gasteiger partial charge is 0.460 e. The lowest BCUT2D eigenvalue weighted by Gasteiger charge is -2.39. The predicted octanol–water partition coefficient (Wildman–Crippen LogP) is 4.31. The first-order valence-electron chi connectivity index (χ1n) is 11.4. The average Bonchev–Trinajstić information content (AvgIpc) is 3.16. The first kappa shape index (κ1) is 25.6. The zero-order chi connectivity index (χ0) is 25.4. The molecule has 3 heterocycles. The molecule has 4 rings (SSSR count). The molecule has 1 aliphatic heterocycles. The second-order valence-corrected chi connectivity index (χ2v) is 13.9. The molecule has 0 bridgehead atoms. The van der Waals surface area contributed by atoms with Crippen LogP contribution in [0.15, 0.2) is 47.5 Å². The van der Waals surface area contributed by atoms with Crippen LogP contribution in [0.1, 0.15) is 39.3 Å². The number of benzene rings is 1. The summed E-state index contributed by atoms with van der Waals surface area (Å²) in [6, 6.07) is 9.96. The molecule has 1 aromatic carbocycles. The maximum absolute atomic E-state index is 12.8. The highest BCUT2D eigenvalue weighted by atomic mass is 32.3. The molecule has 0 saturated carbocycles. The van der Waals surface area contributed by atoms with E-state index in [1.807, 2.05) is 32.9 Å². The number of hydrogen-bond donors (Lipinski definition) is 4. The highest BCUT2D eigenvalue weighted by Crippen LogP contribution is 2.44. The summed E-state index contributed by atoms with van der Waals surface area (Å²) in [5.74, 6) is 0.0868. The molecule has 0 aliphatic carbocycles. The molecule has 0 radical (unpaired) electrons. The van der Waals surface area contributed by atoms with Crippen molar-refractivity contribution >= 4 is 37.6 Å². The number of rotatable bonds is 6. The summed E-state index contributed by atoms with van der Waals surface area (Å²) in [6.07, 6.45) is 2.54. The van der Waals surface area contributed by atoms with Gasteiger partial charge in [-0.2, -0.15) is 10.6 Å². The highest BCUT2D eigenvalue weighted by molar-refractivity contribution is 8.24. The van der Waals surface area contributed by atoms with Crippen molar-refractivity contribution < 1.29 is 27.1 Å². The van der Waals surface area contributed by atoms with Gasteiger partial charge >= 0.3 is 5.97 Å². The van der Waals surface area contributed by atoms with E-state index in [1.165, 1.54) is 0 Å². The molecule has 1 aliphatic rings. The number of aromatic nitrogens is 2. The summed E-state index contributed by atoms with van der Waals surface area (Å²) in [4.78, 5) is 19.9. The number of carbonyl (C=O) groups is 1. The van der Waals surface area contributed by atoms with E-state index in [9.17, 15) is 22.3 Å². The Kier molecular flexibility index (Phi) is 7.00. The fraction of sp³-hybridized carbons (Fsp3) is 0.417. The third kappa shape index (κ3) is 6.42. The molecule has 0 spiro atoms. The van der Waals surface area contributed by atoms with Gasteiger partial charge in [0, 0.05) is 34.8 Å². The van der Waals surface area contributed by atoms with E-state index in [0.29, 0.717) is 24.2 Å². The Hall–Kier alpha value is -2.44. The molecular weight excluding hydrogens is 490 g/mol. The smallest absolute Gasteiger partial charge is 0.312 e. The molecule has 0 amide bonds. The third-order valence-electron chi connectivity index (χ3n) is 5.73. The van der Waals surface area contributed by atoms with Gasteiger partial charge in [-0.15, -0.1) is 0 Å². The Balaban J connectivity index is 1.52. The van der Waals surface area contributed by atoms with Crippen LogP contribution in [0.5, 0.6) is 0 Å². The topological polar surface area (TPSA) is 142 Å². The van der Waals surface area contributed by atoms with Crippen LogP contribution in [0, 0.1) is 0 Å². The molecular formula is C24H31N3O6S2. The molecule has 3 aromatic rings. The molecule has 1 saturated heterocycles. The van der Waals surface area contributed by atoms with Gasteiger partial charge in [-0.05, 0) is 69.0 Å². The van der Waals surface area contributed by atoms with Gasteiger partial charge in [0.15, 0.2) is 0 Å². The number of hydrogen-bond acceptors (Lipinski definition) is 7. The third-order valence-corrected chi connectivity index (χ3v) is 9.04. The standard InChI is InChI=1S/C24H31N3O6S2/c1-24(2,3)33-22(28)15-18-14-21-20(8-11-25-23(21)26-18)16-4-6-19(7-5-16)35(31,32)27-17-9-12-34(29,30)13-10-17/h4-8,11,14,17,27,29-30H,9-10,12-13,15H2,1-3H3,(H,25,26). The monoisotopic (exact) mass is 521 g/mol. The number of carbonyl (C=O) groups excluding carboxylic acids is 1. The lowest BCUT2D eigenvalue weighted by Crippen LogP contribution is -2.39. The van der Waals surface area contributed by atoms with Crippen LogP contribution in [0.3, 0.4) is 0 Å². The van der Waals surface area contributed by atoms with Gasteiger partial charge in [0.2, 0.25) is 10.0 Å². The summed E-state index contributed by atoms with van der Waals surface area (Å²) < 4.78 is 53.2. The molecule has 9 nitrogen and oxygen atoms in total. The maximum atomic E-state index is 12.8. The number of esters is 1. The van der Waals surface area contributed by atoms with E-state index in [0.717, 1.165) is 16.5 Å². The number of nitrogens with one attached hydrogen (secondary N) is 2. The Morgan fingerprint density at radius 3 is 2.46 bits per heavy atom. The minimum Gasteiger partial charge on any atom is -0.460 e. The van der Waals surface area contributed by atoms with Crippen molar-refractivity contribution in [1.29, 1.82) is 0 Å². The SMILES string of the molecule is CC(C)(C)OC(=O)Cc1cc2c(-c3ccc(S(=O)(=O)NC4CCS(O)(O)CC4)cc3)ccnc2[nH]1. The second-order valence-electron chi connectivity index (χ2n) is 9.81. The van der Waals surface area contributed by atoms with Gasteiger partial charge in [-0.3, -0.25) is 13.9 Å². The maximum Gasteiger partial charge on any atom is 0.312 e. The van der Waals surface area contributed by atoms with Gasteiger partial charge in [-0.25, -0.2) is 18.1 Å². The van der Waals surface area contributed by atoms with Crippen LogP contribution in [0.2, 0.25) is 0 Å². The van der Waals surface area contributed by atoms with E-state index in [2.05, 4.69) is 14.7 Å². The molecule has 190 valence electrons. The number of fused-ring (bicyclic) bond motifs is 1. The van der Waals surface area contributed by atoms with Gasteiger partial charge in [0.05, 0.1) is 11.3 Å². The van der Waals surface area contributed by atoms with Gasteiger partial charge < -0.3 is 9.72 Å². The van der Waals surface area contributed by atoms with E-state index < -0.39 is 26.2 Å². The lowest BCUT2D eigenvalue weighted by atomic mass is 10.0. The first-order valence-corrected chi connectivity index (χ1v) is 14.7. The van der Waals surface area contributed by atoms with Crippen LogP contribution < -0.4 is 4.72 Å². The van der Waals surface area contributed by atoms with Crippen LogP contribution in [0.25, 0.3) is 22.2 Å². The molecule has 11 heteroatoms. The number of aromatic amines is 1.